The Morgan fingerprint density at radius 3 is 2.56 bits per heavy atom. The third-order valence-corrected chi connectivity index (χ3v) is 4.57. The molecule has 0 radical (unpaired) electrons. The van der Waals surface area contributed by atoms with E-state index in [0.717, 1.165) is 4.47 Å². The quantitative estimate of drug-likeness (QED) is 0.863. The fourth-order valence-corrected chi connectivity index (χ4v) is 2.59. The lowest BCUT2D eigenvalue weighted by atomic mass is 10.0. The maximum atomic E-state index is 5.97. The van der Waals surface area contributed by atoms with Gasteiger partial charge in [-0.05, 0) is 44.5 Å². The topological polar surface area (TPSA) is 29.3 Å². The van der Waals surface area contributed by atoms with Crippen molar-refractivity contribution in [2.45, 2.75) is 45.7 Å². The highest BCUT2D eigenvalue weighted by Gasteiger charge is 2.20. The summed E-state index contributed by atoms with van der Waals surface area (Å²) >= 11 is 3.55. The van der Waals surface area contributed by atoms with Crippen LogP contribution in [0.25, 0.3) is 0 Å². The summed E-state index contributed by atoms with van der Waals surface area (Å²) in [4.78, 5) is 2.40. The highest BCUT2D eigenvalue weighted by atomic mass is 79.9. The first-order valence-corrected chi connectivity index (χ1v) is 7.48. The zero-order valence-corrected chi connectivity index (χ0v) is 13.5. The molecule has 0 fully saturated rings. The first-order valence-electron chi connectivity index (χ1n) is 6.69. The summed E-state index contributed by atoms with van der Waals surface area (Å²) in [5, 5.41) is 0. The van der Waals surface area contributed by atoms with Crippen LogP contribution in [0.3, 0.4) is 0 Å². The van der Waals surface area contributed by atoms with Gasteiger partial charge in [0.2, 0.25) is 0 Å². The van der Waals surface area contributed by atoms with Gasteiger partial charge in [-0.2, -0.15) is 0 Å². The monoisotopic (exact) mass is 312 g/mol. The summed E-state index contributed by atoms with van der Waals surface area (Å²) in [7, 11) is 2.18. The first kappa shape index (κ1) is 15.7. The molecule has 0 amide bonds. The van der Waals surface area contributed by atoms with E-state index in [1.165, 1.54) is 24.0 Å². The van der Waals surface area contributed by atoms with E-state index in [2.05, 4.69) is 66.8 Å². The molecular formula is C15H25BrN2. The molecule has 1 rings (SSSR count). The molecule has 102 valence electrons. The van der Waals surface area contributed by atoms with Crippen molar-refractivity contribution in [3.05, 3.63) is 33.8 Å². The van der Waals surface area contributed by atoms with Gasteiger partial charge in [-0.15, -0.1) is 0 Å². The summed E-state index contributed by atoms with van der Waals surface area (Å²) in [6.07, 6.45) is 2.42. The van der Waals surface area contributed by atoms with E-state index in [4.69, 9.17) is 5.73 Å². The smallest absolute Gasteiger partial charge is 0.0470 e. The number of hydrogen-bond donors (Lipinski definition) is 1. The minimum atomic E-state index is 0.304. The molecule has 0 aliphatic heterocycles. The Hall–Kier alpha value is -0.380. The van der Waals surface area contributed by atoms with E-state index >= 15 is 0 Å². The molecule has 0 bridgehead atoms. The van der Waals surface area contributed by atoms with E-state index in [-0.39, 0.29) is 0 Å². The van der Waals surface area contributed by atoms with Gasteiger partial charge in [-0.3, -0.25) is 4.90 Å². The first-order chi connectivity index (χ1) is 8.51. The van der Waals surface area contributed by atoms with E-state index in [1.807, 2.05) is 0 Å². The molecule has 0 saturated carbocycles. The van der Waals surface area contributed by atoms with Crippen LogP contribution in [0.15, 0.2) is 22.7 Å². The maximum Gasteiger partial charge on any atom is 0.0470 e. The molecule has 0 saturated heterocycles. The maximum absolute atomic E-state index is 5.97. The summed E-state index contributed by atoms with van der Waals surface area (Å²) in [5.74, 6) is 0. The van der Waals surface area contributed by atoms with Crippen LogP contribution in [0.5, 0.6) is 0 Å². The Morgan fingerprint density at radius 2 is 2.06 bits per heavy atom. The van der Waals surface area contributed by atoms with Gasteiger partial charge in [0.1, 0.15) is 0 Å². The number of aryl methyl sites for hydroxylation is 1. The lowest BCUT2D eigenvalue weighted by Crippen LogP contribution is -2.37. The molecule has 0 aliphatic rings. The second kappa shape index (κ2) is 7.27. The largest absolute Gasteiger partial charge is 0.329 e. The van der Waals surface area contributed by atoms with E-state index in [1.54, 1.807) is 0 Å². The van der Waals surface area contributed by atoms with Gasteiger partial charge < -0.3 is 5.73 Å². The van der Waals surface area contributed by atoms with Crippen molar-refractivity contribution in [1.82, 2.24) is 4.90 Å². The van der Waals surface area contributed by atoms with Crippen molar-refractivity contribution in [2.75, 3.05) is 13.6 Å². The average Bonchev–Trinajstić information content (AvgIpc) is 2.34. The van der Waals surface area contributed by atoms with Crippen LogP contribution < -0.4 is 5.73 Å². The van der Waals surface area contributed by atoms with Crippen molar-refractivity contribution >= 4 is 15.9 Å². The van der Waals surface area contributed by atoms with Gasteiger partial charge in [-0.1, -0.05) is 41.4 Å². The predicted molar refractivity (Wildman–Crippen MR) is 82.8 cm³/mol. The van der Waals surface area contributed by atoms with E-state index in [0.29, 0.717) is 18.6 Å². The SMILES string of the molecule is CCCC(C)N(C)C(CN)c1ccc(Br)c(C)c1. The predicted octanol–water partition coefficient (Wildman–Crippen LogP) is 3.88. The van der Waals surface area contributed by atoms with Gasteiger partial charge in [0.05, 0.1) is 0 Å². The van der Waals surface area contributed by atoms with Crippen LogP contribution in [0, 0.1) is 6.92 Å². The summed E-state index contributed by atoms with van der Waals surface area (Å²) < 4.78 is 1.16. The van der Waals surface area contributed by atoms with Gasteiger partial charge in [0, 0.05) is 23.1 Å². The zero-order chi connectivity index (χ0) is 13.7. The summed E-state index contributed by atoms with van der Waals surface area (Å²) in [5.41, 5.74) is 8.55. The molecule has 18 heavy (non-hydrogen) atoms. The molecule has 1 aromatic rings. The lowest BCUT2D eigenvalue weighted by Gasteiger charge is -2.33. The molecule has 2 N–H and O–H groups in total. The van der Waals surface area contributed by atoms with Gasteiger partial charge in [-0.25, -0.2) is 0 Å². The van der Waals surface area contributed by atoms with Crippen LogP contribution in [0.4, 0.5) is 0 Å². The standard InChI is InChI=1S/C15H25BrN2/c1-5-6-12(3)18(4)15(10-17)13-7-8-14(16)11(2)9-13/h7-9,12,15H,5-6,10,17H2,1-4H3. The fourth-order valence-electron chi connectivity index (χ4n) is 2.34. The number of hydrogen-bond acceptors (Lipinski definition) is 2. The molecule has 0 aliphatic carbocycles. The average molecular weight is 313 g/mol. The number of halogens is 1. The minimum absolute atomic E-state index is 0.304. The molecule has 2 nitrogen and oxygen atoms in total. The van der Waals surface area contributed by atoms with Crippen molar-refractivity contribution in [2.24, 2.45) is 5.73 Å². The zero-order valence-electron chi connectivity index (χ0n) is 11.9. The van der Waals surface area contributed by atoms with Gasteiger partial charge in [0.25, 0.3) is 0 Å². The molecule has 0 heterocycles. The highest BCUT2D eigenvalue weighted by Crippen LogP contribution is 2.26. The Labute approximate surface area is 120 Å². The summed E-state index contributed by atoms with van der Waals surface area (Å²) in [6.45, 7) is 7.28. The van der Waals surface area contributed by atoms with Gasteiger partial charge >= 0.3 is 0 Å². The number of nitrogens with two attached hydrogens (primary N) is 1. The number of nitrogens with zero attached hydrogens (tertiary/aromatic N) is 1. The van der Waals surface area contributed by atoms with Crippen molar-refractivity contribution < 1.29 is 0 Å². The molecule has 2 unspecified atom stereocenters. The van der Waals surface area contributed by atoms with Crippen LogP contribution in [-0.4, -0.2) is 24.5 Å². The molecule has 0 aromatic heterocycles. The molecule has 0 spiro atoms. The minimum Gasteiger partial charge on any atom is -0.329 e. The Bertz CT molecular complexity index is 379. The lowest BCUT2D eigenvalue weighted by molar-refractivity contribution is 0.180. The Kier molecular flexibility index (Phi) is 6.33. The highest BCUT2D eigenvalue weighted by molar-refractivity contribution is 9.10. The molecule has 3 heteroatoms. The van der Waals surface area contributed by atoms with Crippen LogP contribution in [0.2, 0.25) is 0 Å². The summed E-state index contributed by atoms with van der Waals surface area (Å²) in [6, 6.07) is 7.39. The molecule has 1 aromatic carbocycles. The molecule has 2 atom stereocenters. The van der Waals surface area contributed by atoms with Crippen molar-refractivity contribution in [3.8, 4) is 0 Å². The van der Waals surface area contributed by atoms with Crippen LogP contribution in [0.1, 0.15) is 43.9 Å². The van der Waals surface area contributed by atoms with Crippen molar-refractivity contribution in [1.29, 1.82) is 0 Å². The number of benzene rings is 1. The Morgan fingerprint density at radius 1 is 1.39 bits per heavy atom. The third-order valence-electron chi connectivity index (χ3n) is 3.68. The van der Waals surface area contributed by atoms with Crippen LogP contribution in [-0.2, 0) is 0 Å². The Balaban J connectivity index is 2.91. The van der Waals surface area contributed by atoms with E-state index in [9.17, 15) is 0 Å². The number of likely N-dealkylation sites (N-methyl/N-ethyl adjacent to an activating group) is 1. The second-order valence-electron chi connectivity index (χ2n) is 5.06. The van der Waals surface area contributed by atoms with Crippen molar-refractivity contribution in [3.63, 3.8) is 0 Å². The van der Waals surface area contributed by atoms with E-state index < -0.39 is 0 Å². The number of rotatable bonds is 6. The van der Waals surface area contributed by atoms with Gasteiger partial charge in [0.15, 0.2) is 0 Å². The van der Waals surface area contributed by atoms with Crippen LogP contribution >= 0.6 is 15.9 Å². The third kappa shape index (κ3) is 3.81. The second-order valence-corrected chi connectivity index (χ2v) is 5.92. The molecular weight excluding hydrogens is 288 g/mol. The fraction of sp³-hybridized carbons (Fsp3) is 0.600. The normalized spacial score (nSPS) is 14.8.